The number of fused-ring (bicyclic) bond motifs is 4. The van der Waals surface area contributed by atoms with Gasteiger partial charge in [0.1, 0.15) is 5.75 Å². The van der Waals surface area contributed by atoms with Crippen LogP contribution in [0, 0.1) is 0 Å². The second-order valence-corrected chi connectivity index (χ2v) is 11.1. The van der Waals surface area contributed by atoms with Crippen molar-refractivity contribution in [2.45, 2.75) is 18.9 Å². The van der Waals surface area contributed by atoms with Crippen molar-refractivity contribution < 1.29 is 14.2 Å². The van der Waals surface area contributed by atoms with Crippen LogP contribution in [-0.2, 0) is 6.42 Å². The largest absolute Gasteiger partial charge is 0.496 e. The Hall–Kier alpha value is -4.62. The van der Waals surface area contributed by atoms with Crippen molar-refractivity contribution in [1.82, 2.24) is 4.57 Å². The molecule has 0 unspecified atom stereocenters. The lowest BCUT2D eigenvalue weighted by Gasteiger charge is -2.31. The van der Waals surface area contributed by atoms with E-state index in [1.807, 2.05) is 53.1 Å². The van der Waals surface area contributed by atoms with Crippen molar-refractivity contribution >= 4 is 33.9 Å². The number of allylic oxidation sites excluding steroid dienone is 1. The molecule has 0 bridgehead atoms. The molecule has 7 heteroatoms. The van der Waals surface area contributed by atoms with E-state index in [9.17, 15) is 4.79 Å². The number of hydrogen-bond donors (Lipinski definition) is 0. The topological polar surface area (TPSA) is 62.0 Å². The Morgan fingerprint density at radius 3 is 2.44 bits per heavy atom. The van der Waals surface area contributed by atoms with Crippen molar-refractivity contribution in [1.29, 1.82) is 0 Å². The highest BCUT2D eigenvalue weighted by molar-refractivity contribution is 7.07. The molecule has 0 spiro atoms. The minimum absolute atomic E-state index is 0.0751. The number of methoxy groups -OCH3 is 3. The minimum atomic E-state index is -0.314. The standard InChI is InChI=1S/C34H28N2O4S/c1-38-27-16-13-20-8-4-6-10-23(20)26(27)19-30-33(37)36-32(22-14-17-28(39-2)29(18-22)40-3)25-15-12-21-9-5-7-11-24(21)31(25)35-34(36)41-30/h4-11,13-14,16-19,32H,12,15H2,1-3H3/b30-19-/t32-/m1/s1. The SMILES string of the molecule is COc1ccc([C@@H]2C3=C(N=c4s/c(=C\c5c(OC)ccc6ccccc56)c(=O)n42)c2ccccc2CC3)cc1OC. The monoisotopic (exact) mass is 560 g/mol. The van der Waals surface area contributed by atoms with Gasteiger partial charge in [-0.2, -0.15) is 0 Å². The van der Waals surface area contributed by atoms with Crippen LogP contribution in [0.15, 0.2) is 94.2 Å². The summed E-state index contributed by atoms with van der Waals surface area (Å²) in [4.78, 5) is 20.1. The Bertz CT molecular complexity index is 2050. The minimum Gasteiger partial charge on any atom is -0.496 e. The number of thiazole rings is 1. The molecule has 0 saturated heterocycles. The molecule has 0 N–H and O–H groups in total. The Morgan fingerprint density at radius 2 is 1.61 bits per heavy atom. The second-order valence-electron chi connectivity index (χ2n) is 10.1. The molecular formula is C34H28N2O4S. The van der Waals surface area contributed by atoms with Crippen LogP contribution in [-0.4, -0.2) is 25.9 Å². The summed E-state index contributed by atoms with van der Waals surface area (Å²) in [6, 6.07) is 26.1. The molecule has 5 aromatic rings. The van der Waals surface area contributed by atoms with Crippen molar-refractivity contribution in [3.05, 3.63) is 126 Å². The number of hydrogen-bond acceptors (Lipinski definition) is 6. The number of ether oxygens (including phenoxy) is 3. The maximum atomic E-state index is 14.3. The van der Waals surface area contributed by atoms with E-state index in [1.54, 1.807) is 21.3 Å². The normalized spacial score (nSPS) is 16.1. The molecule has 7 rings (SSSR count). The maximum Gasteiger partial charge on any atom is 0.271 e. The number of rotatable bonds is 5. The van der Waals surface area contributed by atoms with E-state index in [1.165, 1.54) is 16.9 Å². The predicted molar refractivity (Wildman–Crippen MR) is 163 cm³/mol. The van der Waals surface area contributed by atoms with Crippen molar-refractivity contribution in [3.63, 3.8) is 0 Å². The van der Waals surface area contributed by atoms with E-state index < -0.39 is 0 Å². The van der Waals surface area contributed by atoms with Crippen LogP contribution < -0.4 is 29.1 Å². The zero-order valence-electron chi connectivity index (χ0n) is 23.0. The molecule has 2 heterocycles. The smallest absolute Gasteiger partial charge is 0.271 e. The van der Waals surface area contributed by atoms with Gasteiger partial charge in [-0.15, -0.1) is 0 Å². The van der Waals surface area contributed by atoms with Crippen LogP contribution in [0.3, 0.4) is 0 Å². The summed E-state index contributed by atoms with van der Waals surface area (Å²) in [5.41, 5.74) is 6.27. The van der Waals surface area contributed by atoms with Gasteiger partial charge in [-0.3, -0.25) is 9.36 Å². The first-order valence-corrected chi connectivity index (χ1v) is 14.3. The first kappa shape index (κ1) is 25.4. The van der Waals surface area contributed by atoms with Gasteiger partial charge < -0.3 is 14.2 Å². The first-order chi connectivity index (χ1) is 20.1. The average molecular weight is 561 g/mol. The fourth-order valence-corrected chi connectivity index (χ4v) is 7.06. The first-order valence-electron chi connectivity index (χ1n) is 13.5. The maximum absolute atomic E-state index is 14.3. The van der Waals surface area contributed by atoms with Crippen LogP contribution in [0.4, 0.5) is 0 Å². The molecule has 0 radical (unpaired) electrons. The molecular weight excluding hydrogens is 532 g/mol. The van der Waals surface area contributed by atoms with Crippen LogP contribution in [0.1, 0.15) is 34.7 Å². The second kappa shape index (κ2) is 10.1. The zero-order chi connectivity index (χ0) is 28.1. The highest BCUT2D eigenvalue weighted by atomic mass is 32.1. The van der Waals surface area contributed by atoms with E-state index in [0.29, 0.717) is 20.8 Å². The molecule has 204 valence electrons. The average Bonchev–Trinajstić information content (AvgIpc) is 3.33. The van der Waals surface area contributed by atoms with E-state index in [4.69, 9.17) is 19.2 Å². The van der Waals surface area contributed by atoms with Crippen molar-refractivity contribution in [2.75, 3.05) is 21.3 Å². The van der Waals surface area contributed by atoms with Gasteiger partial charge in [-0.05, 0) is 64.6 Å². The lowest BCUT2D eigenvalue weighted by molar-refractivity contribution is 0.354. The molecule has 0 fully saturated rings. The number of benzene rings is 4. The van der Waals surface area contributed by atoms with Gasteiger partial charge in [0, 0.05) is 11.1 Å². The quantitative estimate of drug-likeness (QED) is 0.285. The summed E-state index contributed by atoms with van der Waals surface area (Å²) in [6.45, 7) is 0. The number of aromatic nitrogens is 1. The van der Waals surface area contributed by atoms with Gasteiger partial charge in [0.15, 0.2) is 16.3 Å². The molecule has 0 saturated carbocycles. The van der Waals surface area contributed by atoms with Gasteiger partial charge in [-0.25, -0.2) is 4.99 Å². The molecule has 4 aromatic carbocycles. The molecule has 1 aromatic heterocycles. The van der Waals surface area contributed by atoms with E-state index in [-0.39, 0.29) is 11.6 Å². The molecule has 1 atom stereocenters. The summed E-state index contributed by atoms with van der Waals surface area (Å²) in [7, 11) is 4.92. The van der Waals surface area contributed by atoms with E-state index in [2.05, 4.69) is 36.4 Å². The van der Waals surface area contributed by atoms with Gasteiger partial charge in [0.2, 0.25) is 0 Å². The van der Waals surface area contributed by atoms with Crippen LogP contribution in [0.25, 0.3) is 22.5 Å². The van der Waals surface area contributed by atoms with Gasteiger partial charge in [-0.1, -0.05) is 72.0 Å². The lowest BCUT2D eigenvalue weighted by atomic mass is 9.83. The lowest BCUT2D eigenvalue weighted by Crippen LogP contribution is -2.38. The van der Waals surface area contributed by atoms with Gasteiger partial charge in [0.25, 0.3) is 5.56 Å². The summed E-state index contributed by atoms with van der Waals surface area (Å²) >= 11 is 1.41. The predicted octanol–water partition coefficient (Wildman–Crippen LogP) is 5.50. The Morgan fingerprint density at radius 1 is 0.854 bits per heavy atom. The summed E-state index contributed by atoms with van der Waals surface area (Å²) in [5.74, 6) is 2.00. The van der Waals surface area contributed by atoms with E-state index >= 15 is 0 Å². The van der Waals surface area contributed by atoms with Gasteiger partial charge >= 0.3 is 0 Å². The summed E-state index contributed by atoms with van der Waals surface area (Å²) in [6.07, 6.45) is 3.66. The Balaban J connectivity index is 1.51. The van der Waals surface area contributed by atoms with Crippen molar-refractivity contribution in [3.8, 4) is 17.2 Å². The highest BCUT2D eigenvalue weighted by Crippen LogP contribution is 2.42. The fraction of sp³-hybridized carbons (Fsp3) is 0.176. The van der Waals surface area contributed by atoms with Crippen LogP contribution in [0.5, 0.6) is 17.2 Å². The van der Waals surface area contributed by atoms with Gasteiger partial charge in [0.05, 0.1) is 37.6 Å². The molecule has 0 amide bonds. The Kier molecular flexibility index (Phi) is 6.24. The molecule has 2 aliphatic rings. The number of nitrogens with zero attached hydrogens (tertiary/aromatic N) is 2. The molecule has 1 aliphatic heterocycles. The highest BCUT2D eigenvalue weighted by Gasteiger charge is 2.33. The molecule has 1 aliphatic carbocycles. The molecule has 41 heavy (non-hydrogen) atoms. The zero-order valence-corrected chi connectivity index (χ0v) is 23.8. The third-order valence-corrected chi connectivity index (χ3v) is 9.01. The van der Waals surface area contributed by atoms with E-state index in [0.717, 1.165) is 57.3 Å². The summed E-state index contributed by atoms with van der Waals surface area (Å²) < 4.78 is 19.4. The molecule has 6 nitrogen and oxygen atoms in total. The van der Waals surface area contributed by atoms with Crippen LogP contribution in [0.2, 0.25) is 0 Å². The third-order valence-electron chi connectivity index (χ3n) is 8.02. The Labute approximate surface area is 241 Å². The van der Waals surface area contributed by atoms with Crippen molar-refractivity contribution in [2.24, 2.45) is 4.99 Å². The van der Waals surface area contributed by atoms with Crippen LogP contribution >= 0.6 is 11.3 Å². The fourth-order valence-electron chi connectivity index (χ4n) is 6.08. The summed E-state index contributed by atoms with van der Waals surface area (Å²) in [5, 5.41) is 2.12. The number of aryl methyl sites for hydroxylation is 1. The third kappa shape index (κ3) is 4.07.